The summed E-state index contributed by atoms with van der Waals surface area (Å²) < 4.78 is 53.4. The van der Waals surface area contributed by atoms with Gasteiger partial charge in [-0.05, 0) is 42.8 Å². The SMILES string of the molecule is C=CCNS(=O)(=O)c1cc(C(=O)Nc2cc(F)ccc2C)ccc1F. The molecule has 0 aliphatic heterocycles. The topological polar surface area (TPSA) is 75.3 Å². The second-order valence-corrected chi connectivity index (χ2v) is 6.93. The van der Waals surface area contributed by atoms with Gasteiger partial charge < -0.3 is 5.32 Å². The van der Waals surface area contributed by atoms with E-state index in [1.165, 1.54) is 18.2 Å². The molecule has 132 valence electrons. The molecule has 0 aliphatic carbocycles. The van der Waals surface area contributed by atoms with Crippen LogP contribution in [-0.2, 0) is 10.0 Å². The first-order chi connectivity index (χ1) is 11.7. The Bertz CT molecular complexity index is 927. The number of benzene rings is 2. The molecule has 0 radical (unpaired) electrons. The van der Waals surface area contributed by atoms with Crippen LogP contribution in [0, 0.1) is 18.6 Å². The van der Waals surface area contributed by atoms with Crippen LogP contribution in [0.4, 0.5) is 14.5 Å². The quantitative estimate of drug-likeness (QED) is 0.772. The largest absolute Gasteiger partial charge is 0.322 e. The number of nitrogens with one attached hydrogen (secondary N) is 2. The molecule has 5 nitrogen and oxygen atoms in total. The Balaban J connectivity index is 2.34. The van der Waals surface area contributed by atoms with Crippen molar-refractivity contribution in [3.05, 3.63) is 71.8 Å². The number of carbonyl (C=O) groups excluding carboxylic acids is 1. The van der Waals surface area contributed by atoms with Crippen LogP contribution in [0.1, 0.15) is 15.9 Å². The summed E-state index contributed by atoms with van der Waals surface area (Å²) in [6.07, 6.45) is 1.30. The molecule has 8 heteroatoms. The summed E-state index contributed by atoms with van der Waals surface area (Å²) in [5.41, 5.74) is 0.782. The summed E-state index contributed by atoms with van der Waals surface area (Å²) >= 11 is 0. The van der Waals surface area contributed by atoms with E-state index in [2.05, 4.69) is 16.6 Å². The van der Waals surface area contributed by atoms with Crippen LogP contribution in [0.25, 0.3) is 0 Å². The zero-order chi connectivity index (χ0) is 18.6. The third-order valence-electron chi connectivity index (χ3n) is 3.35. The molecular formula is C17H16F2N2O3S. The number of aryl methyl sites for hydroxylation is 1. The number of hydrogen-bond donors (Lipinski definition) is 2. The van der Waals surface area contributed by atoms with E-state index >= 15 is 0 Å². The van der Waals surface area contributed by atoms with Crippen molar-refractivity contribution in [1.82, 2.24) is 4.72 Å². The van der Waals surface area contributed by atoms with Crippen molar-refractivity contribution in [3.63, 3.8) is 0 Å². The highest BCUT2D eigenvalue weighted by Gasteiger charge is 2.20. The second kappa shape index (κ2) is 7.54. The number of sulfonamides is 1. The fourth-order valence-corrected chi connectivity index (χ4v) is 3.12. The van der Waals surface area contributed by atoms with E-state index in [9.17, 15) is 22.0 Å². The highest BCUT2D eigenvalue weighted by molar-refractivity contribution is 7.89. The van der Waals surface area contributed by atoms with Crippen molar-refractivity contribution in [3.8, 4) is 0 Å². The summed E-state index contributed by atoms with van der Waals surface area (Å²) in [6, 6.07) is 6.83. The lowest BCUT2D eigenvalue weighted by atomic mass is 10.1. The molecule has 0 saturated heterocycles. The number of anilines is 1. The summed E-state index contributed by atoms with van der Waals surface area (Å²) in [4.78, 5) is 11.6. The predicted octanol–water partition coefficient (Wildman–Crippen LogP) is 2.99. The van der Waals surface area contributed by atoms with Gasteiger partial charge in [-0.1, -0.05) is 12.1 Å². The zero-order valence-electron chi connectivity index (χ0n) is 13.3. The number of halogens is 2. The highest BCUT2D eigenvalue weighted by Crippen LogP contribution is 2.20. The lowest BCUT2D eigenvalue weighted by Crippen LogP contribution is -2.25. The van der Waals surface area contributed by atoms with E-state index in [0.29, 0.717) is 5.56 Å². The van der Waals surface area contributed by atoms with Gasteiger partial charge in [0.05, 0.1) is 0 Å². The van der Waals surface area contributed by atoms with Crippen molar-refractivity contribution in [2.75, 3.05) is 11.9 Å². The molecule has 1 amide bonds. The Morgan fingerprint density at radius 2 is 1.92 bits per heavy atom. The summed E-state index contributed by atoms with van der Waals surface area (Å²) in [6.45, 7) is 4.97. The van der Waals surface area contributed by atoms with Crippen molar-refractivity contribution in [1.29, 1.82) is 0 Å². The van der Waals surface area contributed by atoms with Crippen LogP contribution >= 0.6 is 0 Å². The Kier molecular flexibility index (Phi) is 5.66. The third kappa shape index (κ3) is 4.49. The average Bonchev–Trinajstić information content (AvgIpc) is 2.56. The minimum atomic E-state index is -4.13. The minimum absolute atomic E-state index is 0.0796. The molecule has 0 spiro atoms. The average molecular weight is 366 g/mol. The van der Waals surface area contributed by atoms with Gasteiger partial charge in [0.1, 0.15) is 16.5 Å². The molecule has 2 rings (SSSR count). The first-order valence-corrected chi connectivity index (χ1v) is 8.70. The van der Waals surface area contributed by atoms with Crippen LogP contribution < -0.4 is 10.0 Å². The van der Waals surface area contributed by atoms with Gasteiger partial charge in [0.15, 0.2) is 0 Å². The Labute approximate surface area is 144 Å². The fourth-order valence-electron chi connectivity index (χ4n) is 2.02. The molecule has 0 heterocycles. The Morgan fingerprint density at radius 1 is 1.20 bits per heavy atom. The fraction of sp³-hybridized carbons (Fsp3) is 0.118. The number of rotatable bonds is 6. The summed E-state index contributed by atoms with van der Waals surface area (Å²) in [7, 11) is -4.13. The molecular weight excluding hydrogens is 350 g/mol. The second-order valence-electron chi connectivity index (χ2n) is 5.20. The molecule has 2 aromatic carbocycles. The van der Waals surface area contributed by atoms with Crippen molar-refractivity contribution in [2.45, 2.75) is 11.8 Å². The maximum Gasteiger partial charge on any atom is 0.255 e. The smallest absolute Gasteiger partial charge is 0.255 e. The van der Waals surface area contributed by atoms with E-state index in [0.717, 1.165) is 24.3 Å². The molecule has 0 saturated carbocycles. The normalized spacial score (nSPS) is 11.2. The van der Waals surface area contributed by atoms with E-state index in [-0.39, 0.29) is 17.8 Å². The summed E-state index contributed by atoms with van der Waals surface area (Å²) in [5, 5.41) is 2.48. The third-order valence-corrected chi connectivity index (χ3v) is 4.79. The van der Waals surface area contributed by atoms with Gasteiger partial charge in [-0.3, -0.25) is 4.79 Å². The number of amides is 1. The van der Waals surface area contributed by atoms with E-state index in [1.807, 2.05) is 0 Å². The van der Waals surface area contributed by atoms with E-state index in [4.69, 9.17) is 0 Å². The van der Waals surface area contributed by atoms with Gasteiger partial charge >= 0.3 is 0 Å². The predicted molar refractivity (Wildman–Crippen MR) is 90.9 cm³/mol. The van der Waals surface area contributed by atoms with Gasteiger partial charge in [0.2, 0.25) is 10.0 Å². The molecule has 0 bridgehead atoms. The zero-order valence-corrected chi connectivity index (χ0v) is 14.2. The molecule has 0 aliphatic rings. The number of carbonyl (C=O) groups is 1. The van der Waals surface area contributed by atoms with Gasteiger partial charge in [0.25, 0.3) is 5.91 Å². The van der Waals surface area contributed by atoms with Crippen molar-refractivity contribution >= 4 is 21.6 Å². The molecule has 0 unspecified atom stereocenters. The molecule has 0 aromatic heterocycles. The molecule has 25 heavy (non-hydrogen) atoms. The van der Waals surface area contributed by atoms with Crippen LogP contribution in [0.2, 0.25) is 0 Å². The first kappa shape index (κ1) is 18.8. The Morgan fingerprint density at radius 3 is 2.60 bits per heavy atom. The van der Waals surface area contributed by atoms with Crippen LogP contribution in [-0.4, -0.2) is 20.9 Å². The number of hydrogen-bond acceptors (Lipinski definition) is 3. The molecule has 2 N–H and O–H groups in total. The maximum absolute atomic E-state index is 13.9. The molecule has 2 aromatic rings. The van der Waals surface area contributed by atoms with Gasteiger partial charge in [-0.25, -0.2) is 21.9 Å². The van der Waals surface area contributed by atoms with Gasteiger partial charge in [-0.15, -0.1) is 6.58 Å². The first-order valence-electron chi connectivity index (χ1n) is 7.22. The van der Waals surface area contributed by atoms with E-state index in [1.54, 1.807) is 6.92 Å². The van der Waals surface area contributed by atoms with E-state index < -0.39 is 32.5 Å². The van der Waals surface area contributed by atoms with Crippen LogP contribution in [0.5, 0.6) is 0 Å². The highest BCUT2D eigenvalue weighted by atomic mass is 32.2. The van der Waals surface area contributed by atoms with Crippen LogP contribution in [0.15, 0.2) is 53.9 Å². The molecule has 0 atom stereocenters. The summed E-state index contributed by atoms with van der Waals surface area (Å²) in [5.74, 6) is -2.21. The standard InChI is InChI=1S/C17H16F2N2O3S/c1-3-8-20-25(23,24)16-9-12(5-7-14(16)19)17(22)21-15-10-13(18)6-4-11(15)2/h3-7,9-10,20H,1,8H2,2H3,(H,21,22). The van der Waals surface area contributed by atoms with Crippen LogP contribution in [0.3, 0.4) is 0 Å². The van der Waals surface area contributed by atoms with Gasteiger partial charge in [-0.2, -0.15) is 0 Å². The lowest BCUT2D eigenvalue weighted by molar-refractivity contribution is 0.102. The lowest BCUT2D eigenvalue weighted by Gasteiger charge is -2.11. The molecule has 0 fully saturated rings. The maximum atomic E-state index is 13.9. The monoisotopic (exact) mass is 366 g/mol. The van der Waals surface area contributed by atoms with Crippen molar-refractivity contribution in [2.24, 2.45) is 0 Å². The Hall–Kier alpha value is -2.58. The van der Waals surface area contributed by atoms with Crippen molar-refractivity contribution < 1.29 is 22.0 Å². The van der Waals surface area contributed by atoms with Gasteiger partial charge in [0, 0.05) is 17.8 Å². The minimum Gasteiger partial charge on any atom is -0.322 e.